The second-order valence-electron chi connectivity index (χ2n) is 7.97. The molecule has 5 rings (SSSR count). The Bertz CT molecular complexity index is 1270. The van der Waals surface area contributed by atoms with Gasteiger partial charge in [0.2, 0.25) is 23.5 Å². The summed E-state index contributed by atoms with van der Waals surface area (Å²) in [5.41, 5.74) is 7.83. The molecule has 10 nitrogen and oxygen atoms in total. The van der Waals surface area contributed by atoms with Gasteiger partial charge >= 0.3 is 0 Å². The van der Waals surface area contributed by atoms with E-state index in [9.17, 15) is 4.79 Å². The highest BCUT2D eigenvalue weighted by Gasteiger charge is 2.23. The van der Waals surface area contributed by atoms with Crippen LogP contribution in [0.4, 0.5) is 17.6 Å². The standard InChI is InChI=1S/C23H22N8O2/c1-31(16-5-3-2-4-6-16)23-28-19(27-22(24)29-23)20-26-21(33-30-20)15-10-11-17(25-13-15)18(32)12-9-14-7-8-14/h2-6,10-11,13-14H,7-9,12H2,1H3,(H2,24,27,28,29). The number of rotatable bonds is 8. The van der Waals surface area contributed by atoms with Gasteiger partial charge in [-0.3, -0.25) is 9.78 Å². The smallest absolute Gasteiger partial charge is 0.259 e. The number of nitrogens with zero attached hydrogens (tertiary/aromatic N) is 7. The summed E-state index contributed by atoms with van der Waals surface area (Å²) in [6.07, 6.45) is 5.48. The molecular weight excluding hydrogens is 420 g/mol. The second-order valence-corrected chi connectivity index (χ2v) is 7.97. The molecule has 3 aromatic heterocycles. The zero-order valence-corrected chi connectivity index (χ0v) is 18.0. The summed E-state index contributed by atoms with van der Waals surface area (Å²) in [4.78, 5) is 35.5. The Labute approximate surface area is 189 Å². The maximum atomic E-state index is 12.3. The van der Waals surface area contributed by atoms with E-state index in [1.807, 2.05) is 37.4 Å². The van der Waals surface area contributed by atoms with Crippen molar-refractivity contribution in [2.45, 2.75) is 25.7 Å². The first-order chi connectivity index (χ1) is 16.1. The number of Topliss-reactive ketones (excluding diaryl/α,β-unsaturated/α-hetero) is 1. The van der Waals surface area contributed by atoms with E-state index in [4.69, 9.17) is 10.3 Å². The molecule has 0 aliphatic heterocycles. The van der Waals surface area contributed by atoms with Crippen LogP contribution in [0.1, 0.15) is 36.2 Å². The first-order valence-electron chi connectivity index (χ1n) is 10.7. The van der Waals surface area contributed by atoms with Gasteiger partial charge in [0, 0.05) is 25.4 Å². The molecule has 10 heteroatoms. The molecule has 3 heterocycles. The van der Waals surface area contributed by atoms with Gasteiger partial charge in [-0.1, -0.05) is 36.2 Å². The van der Waals surface area contributed by atoms with Gasteiger partial charge in [0.1, 0.15) is 5.69 Å². The first kappa shape index (κ1) is 20.7. The topological polar surface area (TPSA) is 137 Å². The van der Waals surface area contributed by atoms with Gasteiger partial charge < -0.3 is 15.2 Å². The lowest BCUT2D eigenvalue weighted by atomic mass is 10.1. The van der Waals surface area contributed by atoms with Gasteiger partial charge in [-0.05, 0) is 36.6 Å². The third kappa shape index (κ3) is 4.69. The fourth-order valence-corrected chi connectivity index (χ4v) is 3.38. The van der Waals surface area contributed by atoms with Gasteiger partial charge in [0.05, 0.1) is 5.56 Å². The van der Waals surface area contributed by atoms with Crippen LogP contribution in [0.2, 0.25) is 0 Å². The molecule has 0 amide bonds. The Morgan fingerprint density at radius 3 is 2.61 bits per heavy atom. The molecule has 166 valence electrons. The normalized spacial score (nSPS) is 13.1. The Kier molecular flexibility index (Phi) is 5.47. The Morgan fingerprint density at radius 1 is 1.06 bits per heavy atom. The zero-order valence-electron chi connectivity index (χ0n) is 18.0. The molecule has 0 radical (unpaired) electrons. The quantitative estimate of drug-likeness (QED) is 0.402. The molecule has 1 aromatic carbocycles. The molecule has 0 spiro atoms. The van der Waals surface area contributed by atoms with E-state index in [1.54, 1.807) is 23.2 Å². The summed E-state index contributed by atoms with van der Waals surface area (Å²) in [7, 11) is 1.83. The maximum Gasteiger partial charge on any atom is 0.259 e. The van der Waals surface area contributed by atoms with Gasteiger partial charge in [-0.25, -0.2) is 0 Å². The predicted molar refractivity (Wildman–Crippen MR) is 122 cm³/mol. The number of hydrogen-bond acceptors (Lipinski definition) is 10. The summed E-state index contributed by atoms with van der Waals surface area (Å²) in [5.74, 6) is 1.76. The Hall–Kier alpha value is -4.21. The monoisotopic (exact) mass is 442 g/mol. The van der Waals surface area contributed by atoms with Crippen molar-refractivity contribution in [1.82, 2.24) is 30.1 Å². The lowest BCUT2D eigenvalue weighted by Crippen LogP contribution is -2.15. The van der Waals surface area contributed by atoms with Crippen molar-refractivity contribution in [3.8, 4) is 23.1 Å². The van der Waals surface area contributed by atoms with Crippen LogP contribution in [0.5, 0.6) is 0 Å². The largest absolute Gasteiger partial charge is 0.368 e. The van der Waals surface area contributed by atoms with Crippen LogP contribution in [-0.2, 0) is 0 Å². The SMILES string of the molecule is CN(c1ccccc1)c1nc(N)nc(-c2noc(-c3ccc(C(=O)CCC4CC4)nc3)n2)n1. The number of aromatic nitrogens is 6. The molecule has 0 unspecified atom stereocenters. The zero-order chi connectivity index (χ0) is 22.8. The van der Waals surface area contributed by atoms with Gasteiger partial charge in [0.15, 0.2) is 5.78 Å². The molecule has 0 bridgehead atoms. The molecule has 1 fully saturated rings. The number of benzene rings is 1. The maximum absolute atomic E-state index is 12.3. The fraction of sp³-hybridized carbons (Fsp3) is 0.261. The van der Waals surface area contributed by atoms with Crippen LogP contribution >= 0.6 is 0 Å². The van der Waals surface area contributed by atoms with E-state index in [-0.39, 0.29) is 29.3 Å². The van der Waals surface area contributed by atoms with Gasteiger partial charge in [-0.2, -0.15) is 19.9 Å². The summed E-state index contributed by atoms with van der Waals surface area (Å²) in [5, 5.41) is 3.98. The molecular formula is C23H22N8O2. The minimum Gasteiger partial charge on any atom is -0.368 e. The highest BCUT2D eigenvalue weighted by Crippen LogP contribution is 2.33. The number of nitrogen functional groups attached to an aromatic ring is 1. The second kappa shape index (κ2) is 8.73. The molecule has 1 aliphatic carbocycles. The summed E-state index contributed by atoms with van der Waals surface area (Å²) in [6, 6.07) is 13.1. The van der Waals surface area contributed by atoms with Crippen LogP contribution in [0.3, 0.4) is 0 Å². The van der Waals surface area contributed by atoms with Crippen molar-refractivity contribution < 1.29 is 9.32 Å². The number of para-hydroxylation sites is 1. The van der Waals surface area contributed by atoms with E-state index in [2.05, 4.69) is 30.1 Å². The van der Waals surface area contributed by atoms with E-state index in [0.29, 0.717) is 29.5 Å². The van der Waals surface area contributed by atoms with E-state index in [0.717, 1.165) is 12.1 Å². The lowest BCUT2D eigenvalue weighted by Gasteiger charge is -2.17. The first-order valence-corrected chi connectivity index (χ1v) is 10.7. The number of nitrogens with two attached hydrogens (primary N) is 1. The molecule has 0 saturated heterocycles. The minimum atomic E-state index is 0.0415. The third-order valence-electron chi connectivity index (χ3n) is 5.48. The van der Waals surface area contributed by atoms with Crippen LogP contribution in [0.15, 0.2) is 53.2 Å². The van der Waals surface area contributed by atoms with Gasteiger partial charge in [0.25, 0.3) is 5.89 Å². The number of carbonyl (C=O) groups excluding carboxylic acids is 1. The van der Waals surface area contributed by atoms with Crippen molar-refractivity contribution >= 4 is 23.4 Å². The van der Waals surface area contributed by atoms with E-state index >= 15 is 0 Å². The average Bonchev–Trinajstić information content (AvgIpc) is 3.55. The highest BCUT2D eigenvalue weighted by atomic mass is 16.5. The highest BCUT2D eigenvalue weighted by molar-refractivity contribution is 5.94. The molecule has 0 atom stereocenters. The molecule has 4 aromatic rings. The molecule has 1 saturated carbocycles. The van der Waals surface area contributed by atoms with Crippen LogP contribution < -0.4 is 10.6 Å². The number of pyridine rings is 1. The van der Waals surface area contributed by atoms with Crippen molar-refractivity contribution in [2.75, 3.05) is 17.7 Å². The van der Waals surface area contributed by atoms with Crippen molar-refractivity contribution in [3.05, 3.63) is 54.4 Å². The number of hydrogen-bond donors (Lipinski definition) is 1. The summed E-state index contributed by atoms with van der Waals surface area (Å²) >= 11 is 0. The Balaban J connectivity index is 1.35. The van der Waals surface area contributed by atoms with Crippen LogP contribution in [0.25, 0.3) is 23.1 Å². The van der Waals surface area contributed by atoms with Gasteiger partial charge in [-0.15, -0.1) is 0 Å². The van der Waals surface area contributed by atoms with E-state index < -0.39 is 0 Å². The third-order valence-corrected chi connectivity index (χ3v) is 5.48. The number of ketones is 1. The van der Waals surface area contributed by atoms with Crippen molar-refractivity contribution in [2.24, 2.45) is 5.92 Å². The molecule has 33 heavy (non-hydrogen) atoms. The van der Waals surface area contributed by atoms with Crippen molar-refractivity contribution in [3.63, 3.8) is 0 Å². The molecule has 2 N–H and O–H groups in total. The Morgan fingerprint density at radius 2 is 1.88 bits per heavy atom. The minimum absolute atomic E-state index is 0.0415. The molecule has 1 aliphatic rings. The fourth-order valence-electron chi connectivity index (χ4n) is 3.38. The van der Waals surface area contributed by atoms with E-state index in [1.165, 1.54) is 12.8 Å². The van der Waals surface area contributed by atoms with Crippen LogP contribution in [0, 0.1) is 5.92 Å². The van der Waals surface area contributed by atoms with Crippen molar-refractivity contribution in [1.29, 1.82) is 0 Å². The number of anilines is 3. The predicted octanol–water partition coefficient (Wildman–Crippen LogP) is 3.71. The number of carbonyl (C=O) groups is 1. The average molecular weight is 442 g/mol. The van der Waals surface area contributed by atoms with Crippen LogP contribution in [-0.4, -0.2) is 42.9 Å². The lowest BCUT2D eigenvalue weighted by molar-refractivity contribution is 0.0973. The summed E-state index contributed by atoms with van der Waals surface area (Å²) in [6.45, 7) is 0. The summed E-state index contributed by atoms with van der Waals surface area (Å²) < 4.78 is 5.38.